The summed E-state index contributed by atoms with van der Waals surface area (Å²) in [6.07, 6.45) is 0. The van der Waals surface area contributed by atoms with E-state index in [1.165, 1.54) is 22.4 Å². The summed E-state index contributed by atoms with van der Waals surface area (Å²) < 4.78 is 5.90. The topological polar surface area (TPSA) is 45.4 Å². The van der Waals surface area contributed by atoms with Crippen molar-refractivity contribution in [2.24, 2.45) is 0 Å². The molecule has 5 nitrogen and oxygen atoms in total. The number of rotatable bonds is 4. The lowest BCUT2D eigenvalue weighted by Gasteiger charge is -2.36. The van der Waals surface area contributed by atoms with E-state index in [9.17, 15) is 0 Å². The highest BCUT2D eigenvalue weighted by molar-refractivity contribution is 5.56. The van der Waals surface area contributed by atoms with Crippen LogP contribution in [-0.2, 0) is 6.54 Å². The van der Waals surface area contributed by atoms with Gasteiger partial charge < -0.3 is 9.32 Å². The van der Waals surface area contributed by atoms with Gasteiger partial charge in [0, 0.05) is 37.4 Å². The fourth-order valence-electron chi connectivity index (χ4n) is 3.63. The fourth-order valence-corrected chi connectivity index (χ4v) is 3.63. The first kappa shape index (κ1) is 17.7. The number of benzene rings is 2. The molecule has 0 radical (unpaired) electrons. The molecule has 0 bridgehead atoms. The van der Waals surface area contributed by atoms with Crippen molar-refractivity contribution in [3.05, 3.63) is 65.0 Å². The van der Waals surface area contributed by atoms with Crippen molar-refractivity contribution >= 4 is 5.69 Å². The Morgan fingerprint density at radius 2 is 1.70 bits per heavy atom. The molecule has 0 amide bonds. The molecule has 2 heterocycles. The van der Waals surface area contributed by atoms with E-state index < -0.39 is 0 Å². The van der Waals surface area contributed by atoms with Gasteiger partial charge in [0.1, 0.15) is 0 Å². The zero-order valence-corrected chi connectivity index (χ0v) is 16.3. The molecule has 1 aromatic heterocycles. The molecule has 1 aliphatic heterocycles. The molecule has 0 N–H and O–H groups in total. The van der Waals surface area contributed by atoms with Crippen LogP contribution in [0, 0.1) is 20.8 Å². The lowest BCUT2D eigenvalue weighted by molar-refractivity contribution is 0.227. The van der Waals surface area contributed by atoms with Crippen molar-refractivity contribution in [1.82, 2.24) is 15.1 Å². The van der Waals surface area contributed by atoms with Gasteiger partial charge in [0.2, 0.25) is 11.8 Å². The Morgan fingerprint density at radius 1 is 0.926 bits per heavy atom. The molecular weight excluding hydrogens is 336 g/mol. The number of aromatic nitrogens is 2. The molecule has 140 valence electrons. The van der Waals surface area contributed by atoms with E-state index in [0.29, 0.717) is 18.3 Å². The van der Waals surface area contributed by atoms with Crippen LogP contribution >= 0.6 is 0 Å². The first-order valence-corrected chi connectivity index (χ1v) is 9.53. The van der Waals surface area contributed by atoms with Crippen LogP contribution < -0.4 is 4.90 Å². The molecular formula is C22H26N4O. The normalized spacial score (nSPS) is 15.3. The van der Waals surface area contributed by atoms with Gasteiger partial charge in [0.15, 0.2) is 0 Å². The summed E-state index contributed by atoms with van der Waals surface area (Å²) in [7, 11) is 0. The van der Waals surface area contributed by atoms with Gasteiger partial charge in [-0.05, 0) is 50.1 Å². The summed E-state index contributed by atoms with van der Waals surface area (Å²) in [6.45, 7) is 11.2. The zero-order chi connectivity index (χ0) is 18.8. The Kier molecular flexibility index (Phi) is 4.94. The van der Waals surface area contributed by atoms with Gasteiger partial charge >= 0.3 is 0 Å². The van der Waals surface area contributed by atoms with Gasteiger partial charge in [0.25, 0.3) is 0 Å². The van der Waals surface area contributed by atoms with Crippen LogP contribution in [0.15, 0.2) is 46.9 Å². The molecule has 0 spiro atoms. The second-order valence-corrected chi connectivity index (χ2v) is 7.35. The van der Waals surface area contributed by atoms with Crippen molar-refractivity contribution in [1.29, 1.82) is 0 Å². The Bertz CT molecular complexity index is 926. The van der Waals surface area contributed by atoms with Gasteiger partial charge in [-0.3, -0.25) is 4.90 Å². The third-order valence-corrected chi connectivity index (χ3v) is 5.38. The summed E-state index contributed by atoms with van der Waals surface area (Å²) in [5.74, 6) is 1.29. The number of piperazine rings is 1. The van der Waals surface area contributed by atoms with Crippen molar-refractivity contribution in [3.63, 3.8) is 0 Å². The van der Waals surface area contributed by atoms with Gasteiger partial charge in [-0.2, -0.15) is 0 Å². The van der Waals surface area contributed by atoms with E-state index in [1.54, 1.807) is 0 Å². The zero-order valence-electron chi connectivity index (χ0n) is 16.3. The minimum atomic E-state index is 0.600. The Hall–Kier alpha value is -2.66. The molecule has 4 rings (SSSR count). The van der Waals surface area contributed by atoms with Crippen LogP contribution in [0.4, 0.5) is 5.69 Å². The molecule has 1 fully saturated rings. The summed E-state index contributed by atoms with van der Waals surface area (Å²) in [5, 5.41) is 8.47. The highest BCUT2D eigenvalue weighted by Crippen LogP contribution is 2.24. The molecule has 1 aliphatic rings. The minimum absolute atomic E-state index is 0.600. The summed E-state index contributed by atoms with van der Waals surface area (Å²) in [4.78, 5) is 4.86. The van der Waals surface area contributed by atoms with Crippen LogP contribution in [0.3, 0.4) is 0 Å². The summed E-state index contributed by atoms with van der Waals surface area (Å²) in [5.41, 5.74) is 6.26. The van der Waals surface area contributed by atoms with E-state index >= 15 is 0 Å². The van der Waals surface area contributed by atoms with E-state index in [-0.39, 0.29) is 0 Å². The summed E-state index contributed by atoms with van der Waals surface area (Å²) >= 11 is 0. The van der Waals surface area contributed by atoms with E-state index in [2.05, 4.69) is 71.1 Å². The highest BCUT2D eigenvalue weighted by Gasteiger charge is 2.20. The molecule has 1 saturated heterocycles. The third-order valence-electron chi connectivity index (χ3n) is 5.38. The predicted octanol–water partition coefficient (Wildman–Crippen LogP) is 3.98. The van der Waals surface area contributed by atoms with Gasteiger partial charge in [-0.15, -0.1) is 10.2 Å². The standard InChI is InChI=1S/C22H26N4O/c1-16-6-4-8-19(14-16)22-24-23-21(27-22)15-25-10-12-26(13-11-25)20-9-5-7-17(2)18(20)3/h4-9,14H,10-13,15H2,1-3H3. The first-order chi connectivity index (χ1) is 13.1. The van der Waals surface area contributed by atoms with Crippen LogP contribution in [0.1, 0.15) is 22.6 Å². The smallest absolute Gasteiger partial charge is 0.247 e. The molecule has 0 aliphatic carbocycles. The molecule has 5 heteroatoms. The predicted molar refractivity (Wildman–Crippen MR) is 108 cm³/mol. The average Bonchev–Trinajstić information content (AvgIpc) is 3.13. The first-order valence-electron chi connectivity index (χ1n) is 9.53. The molecule has 0 unspecified atom stereocenters. The Labute approximate surface area is 160 Å². The molecule has 0 atom stereocenters. The van der Waals surface area contributed by atoms with Crippen LogP contribution in [0.2, 0.25) is 0 Å². The molecule has 0 saturated carbocycles. The van der Waals surface area contributed by atoms with Gasteiger partial charge in [-0.25, -0.2) is 0 Å². The maximum atomic E-state index is 5.90. The monoisotopic (exact) mass is 362 g/mol. The summed E-state index contributed by atoms with van der Waals surface area (Å²) in [6, 6.07) is 14.7. The lowest BCUT2D eigenvalue weighted by atomic mass is 10.1. The molecule has 3 aromatic rings. The Morgan fingerprint density at radius 3 is 2.48 bits per heavy atom. The van der Waals surface area contributed by atoms with E-state index in [1.807, 2.05) is 12.1 Å². The second kappa shape index (κ2) is 7.53. The fraction of sp³-hybridized carbons (Fsp3) is 0.364. The van der Waals surface area contributed by atoms with Crippen molar-refractivity contribution in [2.45, 2.75) is 27.3 Å². The van der Waals surface area contributed by atoms with Crippen molar-refractivity contribution in [3.8, 4) is 11.5 Å². The van der Waals surface area contributed by atoms with Crippen LogP contribution in [-0.4, -0.2) is 41.3 Å². The van der Waals surface area contributed by atoms with Crippen LogP contribution in [0.25, 0.3) is 11.5 Å². The number of nitrogens with zero attached hydrogens (tertiary/aromatic N) is 4. The largest absolute Gasteiger partial charge is 0.419 e. The van der Waals surface area contributed by atoms with Gasteiger partial charge in [-0.1, -0.05) is 29.8 Å². The minimum Gasteiger partial charge on any atom is -0.419 e. The second-order valence-electron chi connectivity index (χ2n) is 7.35. The highest BCUT2D eigenvalue weighted by atomic mass is 16.4. The quantitative estimate of drug-likeness (QED) is 0.702. The van der Waals surface area contributed by atoms with Crippen molar-refractivity contribution < 1.29 is 4.42 Å². The maximum absolute atomic E-state index is 5.90. The average molecular weight is 362 g/mol. The lowest BCUT2D eigenvalue weighted by Crippen LogP contribution is -2.46. The number of hydrogen-bond acceptors (Lipinski definition) is 5. The molecule has 2 aromatic carbocycles. The van der Waals surface area contributed by atoms with E-state index in [4.69, 9.17) is 4.42 Å². The van der Waals surface area contributed by atoms with Gasteiger partial charge in [0.05, 0.1) is 6.54 Å². The molecule has 27 heavy (non-hydrogen) atoms. The number of anilines is 1. The maximum Gasteiger partial charge on any atom is 0.247 e. The third kappa shape index (κ3) is 3.88. The van der Waals surface area contributed by atoms with Crippen molar-refractivity contribution in [2.75, 3.05) is 31.1 Å². The SMILES string of the molecule is Cc1cccc(-c2nnc(CN3CCN(c4cccc(C)c4C)CC3)o2)c1. The number of aryl methyl sites for hydroxylation is 2. The van der Waals surface area contributed by atoms with Crippen LogP contribution in [0.5, 0.6) is 0 Å². The number of hydrogen-bond donors (Lipinski definition) is 0. The van der Waals surface area contributed by atoms with E-state index in [0.717, 1.165) is 31.7 Å². The Balaban J connectivity index is 1.38.